The summed E-state index contributed by atoms with van der Waals surface area (Å²) in [4.78, 5) is 56.5. The molecule has 166 valence electrons. The standard InChI is InChI=1S/C9H15N2O14P3S/c12-5-1-2-11(9(29)10-5)8-7(14)6(13)4(23-8)3-22-27(18,19)25-28(20,21)24-26(15,16)17/h1-2,4,6-8,13-14H,3H2,(H,18,19)(H,20,21)(H,10,12,29)(H2,15,16,17)/p-4/t4-,6-,7-,8-/m1/s1. The fraction of sp³-hybridized carbons (Fsp3) is 0.556. The van der Waals surface area contributed by atoms with Gasteiger partial charge in [0.25, 0.3) is 21.2 Å². The Morgan fingerprint density at radius 1 is 1.14 bits per heavy atom. The Hall–Kier alpha value is -0.610. The number of rotatable bonds is 8. The lowest BCUT2D eigenvalue weighted by molar-refractivity contribution is -0.339. The Labute approximate surface area is 165 Å². The molecule has 0 radical (unpaired) electrons. The van der Waals surface area contributed by atoms with Gasteiger partial charge in [0.2, 0.25) is 0 Å². The lowest BCUT2D eigenvalue weighted by Crippen LogP contribution is -2.34. The van der Waals surface area contributed by atoms with E-state index in [-0.39, 0.29) is 4.77 Å². The monoisotopic (exact) mass is 496 g/mol. The van der Waals surface area contributed by atoms with Crippen LogP contribution < -0.4 is 25.1 Å². The molecule has 0 aromatic carbocycles. The molecule has 0 amide bonds. The van der Waals surface area contributed by atoms with Crippen LogP contribution in [0.25, 0.3) is 0 Å². The number of aliphatic hydroxyl groups is 2. The van der Waals surface area contributed by atoms with Gasteiger partial charge in [-0.1, -0.05) is 0 Å². The molecule has 0 aliphatic carbocycles. The molecule has 1 aliphatic heterocycles. The third-order valence-corrected chi connectivity index (χ3v) is 7.24. The van der Waals surface area contributed by atoms with Crippen molar-refractivity contribution in [3.8, 4) is 0 Å². The minimum Gasteiger partial charge on any atom is -0.790 e. The summed E-state index contributed by atoms with van der Waals surface area (Å²) < 4.78 is 49.4. The number of nitrogens with one attached hydrogen (secondary N) is 1. The summed E-state index contributed by atoms with van der Waals surface area (Å²) in [6, 6.07) is 1.03. The van der Waals surface area contributed by atoms with E-state index >= 15 is 0 Å². The Bertz CT molecular complexity index is 1000. The van der Waals surface area contributed by atoms with Gasteiger partial charge in [0, 0.05) is 12.3 Å². The van der Waals surface area contributed by atoms with Gasteiger partial charge in [0.15, 0.2) is 11.0 Å². The summed E-state index contributed by atoms with van der Waals surface area (Å²) in [6.07, 6.45) is -5.24. The number of phosphoric acid groups is 3. The van der Waals surface area contributed by atoms with Crippen LogP contribution in [-0.4, -0.2) is 44.7 Å². The summed E-state index contributed by atoms with van der Waals surface area (Å²) in [5, 5.41) is 20.0. The second kappa shape index (κ2) is 8.86. The SMILES string of the molecule is O=c1ccn([C@@H]2O[C@H](COP(=O)([O-])OP(=O)([O-])OP(=O)([O-])[O-])[C@@H](O)[C@H]2O)c(=S)[nH]1. The van der Waals surface area contributed by atoms with Crippen LogP contribution in [0.1, 0.15) is 6.23 Å². The minimum absolute atomic E-state index is 0.197. The van der Waals surface area contributed by atoms with Crippen molar-refractivity contribution in [3.05, 3.63) is 27.4 Å². The van der Waals surface area contributed by atoms with E-state index < -0.39 is 60.2 Å². The van der Waals surface area contributed by atoms with Crippen LogP contribution in [0.2, 0.25) is 0 Å². The molecule has 0 saturated carbocycles. The number of H-pyrrole nitrogens is 1. The van der Waals surface area contributed by atoms with Crippen molar-refractivity contribution in [2.24, 2.45) is 0 Å². The van der Waals surface area contributed by atoms with Gasteiger partial charge in [-0.05, 0) is 12.2 Å². The summed E-state index contributed by atoms with van der Waals surface area (Å²) in [5.74, 6) is 0. The first-order valence-corrected chi connectivity index (χ1v) is 11.9. The average Bonchev–Trinajstić information content (AvgIpc) is 2.78. The van der Waals surface area contributed by atoms with Gasteiger partial charge in [-0.15, -0.1) is 0 Å². The largest absolute Gasteiger partial charge is 0.790 e. The maximum atomic E-state index is 11.5. The van der Waals surface area contributed by atoms with E-state index in [1.54, 1.807) is 0 Å². The molecule has 0 bridgehead atoms. The molecule has 2 rings (SSSR count). The lowest BCUT2D eigenvalue weighted by atomic mass is 10.1. The summed E-state index contributed by atoms with van der Waals surface area (Å²) >= 11 is 4.87. The molecule has 1 aromatic heterocycles. The van der Waals surface area contributed by atoms with E-state index in [0.29, 0.717) is 0 Å². The fourth-order valence-electron chi connectivity index (χ4n) is 2.17. The van der Waals surface area contributed by atoms with Crippen LogP contribution in [0.3, 0.4) is 0 Å². The third-order valence-electron chi connectivity index (χ3n) is 3.26. The molecule has 3 N–H and O–H groups in total. The first-order chi connectivity index (χ1) is 13.1. The predicted octanol–water partition coefficient (Wildman–Crippen LogP) is -3.66. The normalized spacial score (nSPS) is 29.3. The molecule has 1 aliphatic rings. The van der Waals surface area contributed by atoms with Gasteiger partial charge in [0.1, 0.15) is 18.3 Å². The zero-order chi connectivity index (χ0) is 22.2. The Kier molecular flexibility index (Phi) is 7.54. The van der Waals surface area contributed by atoms with Crippen molar-refractivity contribution < 1.29 is 61.4 Å². The van der Waals surface area contributed by atoms with Crippen LogP contribution in [0.15, 0.2) is 17.1 Å². The summed E-state index contributed by atoms with van der Waals surface area (Å²) in [7, 11) is -18.1. The van der Waals surface area contributed by atoms with E-state index in [4.69, 9.17) is 17.0 Å². The molecular weight excluding hydrogens is 485 g/mol. The number of aromatic amines is 1. The molecule has 20 heteroatoms. The molecule has 2 heterocycles. The van der Waals surface area contributed by atoms with Crippen molar-refractivity contribution in [2.75, 3.05) is 6.61 Å². The Morgan fingerprint density at radius 3 is 2.31 bits per heavy atom. The number of aliphatic hydroxyl groups excluding tert-OH is 2. The van der Waals surface area contributed by atoms with E-state index in [1.807, 2.05) is 0 Å². The van der Waals surface area contributed by atoms with Gasteiger partial charge in [-0.2, -0.15) is 0 Å². The number of aromatic nitrogens is 2. The molecule has 1 aromatic rings. The molecule has 2 unspecified atom stereocenters. The molecule has 29 heavy (non-hydrogen) atoms. The second-order valence-corrected chi connectivity index (χ2v) is 10.00. The van der Waals surface area contributed by atoms with Gasteiger partial charge in [0.05, 0.1) is 14.4 Å². The topological polar surface area (TPSA) is 259 Å². The maximum absolute atomic E-state index is 11.5. The highest BCUT2D eigenvalue weighted by molar-refractivity contribution is 7.71. The molecule has 0 spiro atoms. The lowest BCUT2D eigenvalue weighted by Gasteiger charge is -2.37. The Balaban J connectivity index is 2.06. The molecule has 1 saturated heterocycles. The quantitative estimate of drug-likeness (QED) is 0.231. The number of hydrogen-bond donors (Lipinski definition) is 3. The fourth-order valence-corrected chi connectivity index (χ4v) is 5.30. The van der Waals surface area contributed by atoms with Gasteiger partial charge in [-0.25, -0.2) is 4.31 Å². The molecule has 1 fully saturated rings. The number of ether oxygens (including phenoxy) is 1. The molecule has 6 atom stereocenters. The highest BCUT2D eigenvalue weighted by Gasteiger charge is 2.44. The van der Waals surface area contributed by atoms with Crippen LogP contribution in [0.4, 0.5) is 0 Å². The summed E-state index contributed by atoms with van der Waals surface area (Å²) in [6.45, 7) is -1.10. The van der Waals surface area contributed by atoms with Crippen molar-refractivity contribution in [3.63, 3.8) is 0 Å². The minimum atomic E-state index is -6.14. The third kappa shape index (κ3) is 6.95. The van der Waals surface area contributed by atoms with Crippen molar-refractivity contribution in [1.82, 2.24) is 9.55 Å². The van der Waals surface area contributed by atoms with Crippen LogP contribution in [0, 0.1) is 4.77 Å². The predicted molar refractivity (Wildman–Crippen MR) is 82.8 cm³/mol. The molecule has 16 nitrogen and oxygen atoms in total. The van der Waals surface area contributed by atoms with Crippen molar-refractivity contribution >= 4 is 35.7 Å². The van der Waals surface area contributed by atoms with E-state index in [9.17, 15) is 48.3 Å². The Morgan fingerprint density at radius 2 is 1.76 bits per heavy atom. The van der Waals surface area contributed by atoms with Crippen LogP contribution in [0.5, 0.6) is 0 Å². The highest BCUT2D eigenvalue weighted by atomic mass is 32.1. The van der Waals surface area contributed by atoms with Gasteiger partial charge in [-0.3, -0.25) is 27.8 Å². The zero-order valence-electron chi connectivity index (χ0n) is 13.7. The van der Waals surface area contributed by atoms with Gasteiger partial charge < -0.3 is 43.6 Å². The van der Waals surface area contributed by atoms with Gasteiger partial charge >= 0.3 is 0 Å². The highest BCUT2D eigenvalue weighted by Crippen LogP contribution is 2.60. The zero-order valence-corrected chi connectivity index (χ0v) is 17.2. The van der Waals surface area contributed by atoms with Crippen molar-refractivity contribution in [2.45, 2.75) is 24.5 Å². The van der Waals surface area contributed by atoms with Crippen molar-refractivity contribution in [1.29, 1.82) is 0 Å². The average molecular weight is 496 g/mol. The van der Waals surface area contributed by atoms with E-state index in [1.165, 1.54) is 0 Å². The molecular formula is C9H11N2O14P3S-4. The van der Waals surface area contributed by atoms with Crippen LogP contribution in [-0.2, 0) is 31.6 Å². The smallest absolute Gasteiger partial charge is 0.278 e. The second-order valence-electron chi connectivity index (χ2n) is 5.36. The number of nitrogens with zero attached hydrogens (tertiary/aromatic N) is 1. The number of phosphoric ester groups is 1. The summed E-state index contributed by atoms with van der Waals surface area (Å²) in [5.41, 5.74) is -0.562. The first-order valence-electron chi connectivity index (χ1n) is 7.15. The number of hydrogen-bond acceptors (Lipinski definition) is 15. The van der Waals surface area contributed by atoms with E-state index in [0.717, 1.165) is 16.8 Å². The maximum Gasteiger partial charge on any atom is 0.278 e. The van der Waals surface area contributed by atoms with E-state index in [2.05, 4.69) is 18.1 Å². The van der Waals surface area contributed by atoms with Crippen LogP contribution >= 0.6 is 35.7 Å². The first kappa shape index (κ1) is 24.7.